The largest absolute Gasteiger partial charge is 0.493 e. The minimum atomic E-state index is 0.138. The smallest absolute Gasteiger partial charge is 0.166 e. The molecule has 0 saturated carbocycles. The van der Waals surface area contributed by atoms with Gasteiger partial charge in [0.25, 0.3) is 0 Å². The van der Waals surface area contributed by atoms with Crippen LogP contribution < -0.4 is 9.64 Å². The normalized spacial score (nSPS) is 16.1. The maximum absolute atomic E-state index is 11.8. The summed E-state index contributed by atoms with van der Waals surface area (Å²) >= 11 is 0. The average molecular weight is 278 g/mol. The van der Waals surface area contributed by atoms with E-state index in [4.69, 9.17) is 9.47 Å². The summed E-state index contributed by atoms with van der Waals surface area (Å²) < 4.78 is 11.1. The molecule has 0 radical (unpaired) electrons. The molecule has 110 valence electrons. The Labute approximate surface area is 120 Å². The van der Waals surface area contributed by atoms with E-state index in [0.29, 0.717) is 18.6 Å². The molecule has 1 saturated heterocycles. The van der Waals surface area contributed by atoms with Gasteiger partial charge in [0.1, 0.15) is 18.8 Å². The fraction of sp³-hybridized carbons (Fsp3) is 0.562. The van der Waals surface area contributed by atoms with Crippen LogP contribution in [0.25, 0.3) is 0 Å². The van der Waals surface area contributed by atoms with Gasteiger partial charge in [-0.3, -0.25) is 4.79 Å². The highest BCUT2D eigenvalue weighted by Gasteiger charge is 2.13. The highest BCUT2D eigenvalue weighted by atomic mass is 16.5. The summed E-state index contributed by atoms with van der Waals surface area (Å²) in [5.74, 6) is 0.857. The molecule has 1 aliphatic heterocycles. The number of quaternary nitrogens is 1. The Morgan fingerprint density at radius 1 is 1.30 bits per heavy atom. The molecule has 0 bridgehead atoms. The van der Waals surface area contributed by atoms with Crippen LogP contribution in [-0.4, -0.2) is 45.2 Å². The zero-order valence-corrected chi connectivity index (χ0v) is 12.2. The third kappa shape index (κ3) is 4.32. The number of hydrogen-bond acceptors (Lipinski definition) is 3. The Balaban J connectivity index is 1.77. The topological polar surface area (TPSA) is 40.0 Å². The molecule has 4 heteroatoms. The van der Waals surface area contributed by atoms with E-state index in [0.717, 1.165) is 45.0 Å². The molecular formula is C16H24NO3+. The maximum atomic E-state index is 11.8. The minimum absolute atomic E-state index is 0.138. The standard InChI is InChI=1S/C16H23NO3/c1-2-15(18)14-6-3-4-7-16(14)20-11-5-8-17-9-12-19-13-10-17/h3-4,6-7H,2,5,8-13H2,1H3/p+1. The van der Waals surface area contributed by atoms with Gasteiger partial charge < -0.3 is 14.4 Å². The van der Waals surface area contributed by atoms with Crippen molar-refractivity contribution in [1.82, 2.24) is 0 Å². The van der Waals surface area contributed by atoms with Crippen LogP contribution in [0.15, 0.2) is 24.3 Å². The predicted octanol–water partition coefficient (Wildman–Crippen LogP) is 0.963. The first-order valence-corrected chi connectivity index (χ1v) is 7.47. The van der Waals surface area contributed by atoms with Gasteiger partial charge in [-0.15, -0.1) is 0 Å². The first-order chi connectivity index (χ1) is 9.81. The van der Waals surface area contributed by atoms with Gasteiger partial charge in [0.2, 0.25) is 0 Å². The van der Waals surface area contributed by atoms with Crippen LogP contribution in [-0.2, 0) is 4.74 Å². The molecule has 1 fully saturated rings. The molecule has 0 unspecified atom stereocenters. The van der Waals surface area contributed by atoms with E-state index in [1.54, 1.807) is 4.90 Å². The van der Waals surface area contributed by atoms with E-state index in [1.165, 1.54) is 0 Å². The lowest BCUT2D eigenvalue weighted by atomic mass is 10.1. The molecule has 4 nitrogen and oxygen atoms in total. The molecule has 0 amide bonds. The van der Waals surface area contributed by atoms with Crippen LogP contribution >= 0.6 is 0 Å². The molecule has 0 aliphatic carbocycles. The second kappa shape index (κ2) is 8.02. The zero-order valence-electron chi connectivity index (χ0n) is 12.2. The van der Waals surface area contributed by atoms with Crippen molar-refractivity contribution < 1.29 is 19.2 Å². The molecule has 0 aromatic heterocycles. The highest BCUT2D eigenvalue weighted by molar-refractivity contribution is 5.98. The predicted molar refractivity (Wildman–Crippen MR) is 77.6 cm³/mol. The van der Waals surface area contributed by atoms with Gasteiger partial charge in [0, 0.05) is 12.8 Å². The van der Waals surface area contributed by atoms with Gasteiger partial charge in [0.15, 0.2) is 5.78 Å². The zero-order chi connectivity index (χ0) is 14.2. The van der Waals surface area contributed by atoms with E-state index in [-0.39, 0.29) is 5.78 Å². The van der Waals surface area contributed by atoms with Crippen molar-refractivity contribution >= 4 is 5.78 Å². The molecule has 1 aromatic rings. The van der Waals surface area contributed by atoms with Crippen molar-refractivity contribution in [3.8, 4) is 5.75 Å². The lowest BCUT2D eigenvalue weighted by molar-refractivity contribution is -0.908. The van der Waals surface area contributed by atoms with Gasteiger partial charge in [-0.1, -0.05) is 19.1 Å². The van der Waals surface area contributed by atoms with Crippen molar-refractivity contribution in [1.29, 1.82) is 0 Å². The van der Waals surface area contributed by atoms with E-state index in [9.17, 15) is 4.79 Å². The number of carbonyl (C=O) groups excluding carboxylic acids is 1. The number of carbonyl (C=O) groups is 1. The van der Waals surface area contributed by atoms with E-state index in [2.05, 4.69) is 0 Å². The number of morpholine rings is 1. The third-order valence-electron chi connectivity index (χ3n) is 3.64. The van der Waals surface area contributed by atoms with Crippen LogP contribution in [0.5, 0.6) is 5.75 Å². The summed E-state index contributed by atoms with van der Waals surface area (Å²) in [7, 11) is 0. The summed E-state index contributed by atoms with van der Waals surface area (Å²) in [6.45, 7) is 7.55. The molecule has 2 rings (SSSR count). The molecule has 1 aromatic carbocycles. The monoisotopic (exact) mass is 278 g/mol. The fourth-order valence-electron chi connectivity index (χ4n) is 2.43. The first kappa shape index (κ1) is 15.0. The Morgan fingerprint density at radius 2 is 2.05 bits per heavy atom. The van der Waals surface area contributed by atoms with Gasteiger partial charge in [-0.05, 0) is 12.1 Å². The van der Waals surface area contributed by atoms with Crippen molar-refractivity contribution in [3.63, 3.8) is 0 Å². The van der Waals surface area contributed by atoms with Crippen molar-refractivity contribution in [2.45, 2.75) is 19.8 Å². The number of ketones is 1. The summed E-state index contributed by atoms with van der Waals surface area (Å²) in [6.07, 6.45) is 1.52. The lowest BCUT2D eigenvalue weighted by Crippen LogP contribution is -3.14. The highest BCUT2D eigenvalue weighted by Crippen LogP contribution is 2.19. The first-order valence-electron chi connectivity index (χ1n) is 7.47. The molecule has 20 heavy (non-hydrogen) atoms. The lowest BCUT2D eigenvalue weighted by Gasteiger charge is -2.23. The molecule has 0 spiro atoms. The average Bonchev–Trinajstić information content (AvgIpc) is 2.52. The van der Waals surface area contributed by atoms with Crippen molar-refractivity contribution in [3.05, 3.63) is 29.8 Å². The summed E-state index contributed by atoms with van der Waals surface area (Å²) in [5.41, 5.74) is 0.703. The molecule has 1 heterocycles. The second-order valence-electron chi connectivity index (χ2n) is 5.09. The Bertz CT molecular complexity index is 427. The number of Topliss-reactive ketones (excluding diaryl/α,β-unsaturated/α-hetero) is 1. The van der Waals surface area contributed by atoms with Gasteiger partial charge in [-0.2, -0.15) is 0 Å². The Kier molecular flexibility index (Phi) is 6.02. The maximum Gasteiger partial charge on any atom is 0.166 e. The van der Waals surface area contributed by atoms with Crippen LogP contribution in [0.1, 0.15) is 30.1 Å². The van der Waals surface area contributed by atoms with Crippen molar-refractivity contribution in [2.75, 3.05) is 39.5 Å². The van der Waals surface area contributed by atoms with E-state index in [1.807, 2.05) is 31.2 Å². The summed E-state index contributed by atoms with van der Waals surface area (Å²) in [5, 5.41) is 0. The summed E-state index contributed by atoms with van der Waals surface area (Å²) in [4.78, 5) is 13.4. The number of nitrogens with one attached hydrogen (secondary N) is 1. The molecular weight excluding hydrogens is 254 g/mol. The van der Waals surface area contributed by atoms with Crippen LogP contribution in [0.3, 0.4) is 0 Å². The third-order valence-corrected chi connectivity index (χ3v) is 3.64. The number of ether oxygens (including phenoxy) is 2. The van der Waals surface area contributed by atoms with Crippen LogP contribution in [0, 0.1) is 0 Å². The number of hydrogen-bond donors (Lipinski definition) is 1. The number of rotatable bonds is 7. The van der Waals surface area contributed by atoms with Gasteiger partial charge >= 0.3 is 0 Å². The van der Waals surface area contributed by atoms with Crippen LogP contribution in [0.2, 0.25) is 0 Å². The van der Waals surface area contributed by atoms with E-state index >= 15 is 0 Å². The fourth-order valence-corrected chi connectivity index (χ4v) is 2.43. The summed E-state index contributed by atoms with van der Waals surface area (Å²) in [6, 6.07) is 7.52. The Morgan fingerprint density at radius 3 is 2.80 bits per heavy atom. The van der Waals surface area contributed by atoms with Gasteiger partial charge in [-0.25, -0.2) is 0 Å². The SMILES string of the molecule is CCC(=O)c1ccccc1OCCC[NH+]1CCOCC1. The van der Waals surface area contributed by atoms with Crippen molar-refractivity contribution in [2.24, 2.45) is 0 Å². The van der Waals surface area contributed by atoms with Crippen LogP contribution in [0.4, 0.5) is 0 Å². The minimum Gasteiger partial charge on any atom is -0.493 e. The van der Waals surface area contributed by atoms with Gasteiger partial charge in [0.05, 0.1) is 31.9 Å². The Hall–Kier alpha value is -1.39. The van der Waals surface area contributed by atoms with E-state index < -0.39 is 0 Å². The quantitative estimate of drug-likeness (QED) is 0.596. The number of para-hydroxylation sites is 1. The second-order valence-corrected chi connectivity index (χ2v) is 5.09. The molecule has 1 aliphatic rings. The number of benzene rings is 1. The molecule has 0 atom stereocenters. The molecule has 1 N–H and O–H groups in total.